The van der Waals surface area contributed by atoms with Crippen molar-refractivity contribution in [3.63, 3.8) is 0 Å². The standard InChI is InChI=1S/C21H19F3N2O2S/c22-21(23,24)18-11-13-19(14-12-18)29(27,28)26-20(15-25,16-7-3-1-4-8-16)17-9-5-2-6-10-17/h1-14,26H,15,25H2. The molecule has 3 aromatic rings. The fourth-order valence-electron chi connectivity index (χ4n) is 3.12. The molecular formula is C21H19F3N2O2S. The Morgan fingerprint density at radius 3 is 1.55 bits per heavy atom. The Morgan fingerprint density at radius 2 is 1.17 bits per heavy atom. The largest absolute Gasteiger partial charge is 0.416 e. The van der Waals surface area contributed by atoms with Crippen LogP contribution in [0, 0.1) is 0 Å². The highest BCUT2D eigenvalue weighted by molar-refractivity contribution is 7.89. The predicted octanol–water partition coefficient (Wildman–Crippen LogP) is 3.89. The summed E-state index contributed by atoms with van der Waals surface area (Å²) in [6, 6.07) is 20.9. The lowest BCUT2D eigenvalue weighted by molar-refractivity contribution is -0.137. The molecule has 0 unspecified atom stereocenters. The molecule has 0 spiro atoms. The topological polar surface area (TPSA) is 72.2 Å². The molecule has 0 fully saturated rings. The smallest absolute Gasteiger partial charge is 0.328 e. The average molecular weight is 420 g/mol. The number of alkyl halides is 3. The molecule has 0 aromatic heterocycles. The van der Waals surface area contributed by atoms with Crippen LogP contribution in [0.15, 0.2) is 89.8 Å². The van der Waals surface area contributed by atoms with Gasteiger partial charge >= 0.3 is 6.18 Å². The molecule has 8 heteroatoms. The number of nitrogens with one attached hydrogen (secondary N) is 1. The molecule has 0 aliphatic heterocycles. The number of rotatable bonds is 6. The molecule has 0 aliphatic carbocycles. The Bertz CT molecular complexity index is 1010. The summed E-state index contributed by atoms with van der Waals surface area (Å²) >= 11 is 0. The SMILES string of the molecule is NCC(NS(=O)(=O)c1ccc(C(F)(F)F)cc1)(c1ccccc1)c1ccccc1. The van der Waals surface area contributed by atoms with Crippen LogP contribution >= 0.6 is 0 Å². The van der Waals surface area contributed by atoms with Crippen molar-refractivity contribution >= 4 is 10.0 Å². The van der Waals surface area contributed by atoms with Crippen LogP contribution in [0.2, 0.25) is 0 Å². The van der Waals surface area contributed by atoms with Crippen LogP contribution in [0.3, 0.4) is 0 Å². The Hall–Kier alpha value is -2.68. The summed E-state index contributed by atoms with van der Waals surface area (Å²) in [6.45, 7) is -0.0963. The molecule has 29 heavy (non-hydrogen) atoms. The highest BCUT2D eigenvalue weighted by atomic mass is 32.2. The number of halogens is 3. The van der Waals surface area contributed by atoms with Gasteiger partial charge in [0.1, 0.15) is 0 Å². The number of hydrogen-bond acceptors (Lipinski definition) is 3. The molecule has 0 bridgehead atoms. The molecule has 0 saturated heterocycles. The second kappa shape index (κ2) is 7.98. The third-order valence-electron chi connectivity index (χ3n) is 4.64. The van der Waals surface area contributed by atoms with Crippen LogP contribution in [-0.4, -0.2) is 15.0 Å². The fraction of sp³-hybridized carbons (Fsp3) is 0.143. The molecule has 0 atom stereocenters. The first kappa shape index (κ1) is 21.0. The Morgan fingerprint density at radius 1 is 0.724 bits per heavy atom. The van der Waals surface area contributed by atoms with Crippen LogP contribution in [0.4, 0.5) is 13.2 Å². The van der Waals surface area contributed by atoms with Crippen molar-refractivity contribution in [1.29, 1.82) is 0 Å². The van der Waals surface area contributed by atoms with Crippen molar-refractivity contribution in [3.05, 3.63) is 102 Å². The summed E-state index contributed by atoms with van der Waals surface area (Å²) < 4.78 is 67.2. The Labute approximate surface area is 167 Å². The van der Waals surface area contributed by atoms with E-state index in [0.717, 1.165) is 24.3 Å². The molecule has 0 radical (unpaired) electrons. The highest BCUT2D eigenvalue weighted by Gasteiger charge is 2.38. The third kappa shape index (κ3) is 4.34. The maximum Gasteiger partial charge on any atom is 0.416 e. The van der Waals surface area contributed by atoms with Gasteiger partial charge in [0, 0.05) is 6.54 Å². The number of nitrogens with two attached hydrogens (primary N) is 1. The molecule has 0 aliphatic rings. The molecule has 3 aromatic carbocycles. The minimum atomic E-state index is -4.55. The summed E-state index contributed by atoms with van der Waals surface area (Å²) in [5, 5.41) is 0. The Kier molecular flexibility index (Phi) is 5.79. The summed E-state index contributed by atoms with van der Waals surface area (Å²) in [4.78, 5) is -0.282. The van der Waals surface area contributed by atoms with Crippen molar-refractivity contribution in [2.45, 2.75) is 16.6 Å². The predicted molar refractivity (Wildman–Crippen MR) is 104 cm³/mol. The highest BCUT2D eigenvalue weighted by Crippen LogP contribution is 2.32. The maximum atomic E-state index is 13.1. The normalized spacial score (nSPS) is 12.7. The average Bonchev–Trinajstić information content (AvgIpc) is 2.73. The molecule has 4 nitrogen and oxygen atoms in total. The molecule has 3 N–H and O–H groups in total. The van der Waals surface area contributed by atoms with Gasteiger partial charge in [-0.05, 0) is 35.4 Å². The lowest BCUT2D eigenvalue weighted by atomic mass is 9.84. The van der Waals surface area contributed by atoms with Crippen molar-refractivity contribution in [1.82, 2.24) is 4.72 Å². The number of hydrogen-bond donors (Lipinski definition) is 2. The molecule has 3 rings (SSSR count). The van der Waals surface area contributed by atoms with Gasteiger partial charge in [-0.15, -0.1) is 0 Å². The van der Waals surface area contributed by atoms with E-state index in [9.17, 15) is 21.6 Å². The van der Waals surface area contributed by atoms with Crippen LogP contribution in [0.1, 0.15) is 16.7 Å². The molecule has 152 valence electrons. The van der Waals surface area contributed by atoms with Crippen LogP contribution in [-0.2, 0) is 21.7 Å². The van der Waals surface area contributed by atoms with Gasteiger partial charge in [-0.2, -0.15) is 17.9 Å². The number of sulfonamides is 1. The van der Waals surface area contributed by atoms with E-state index in [4.69, 9.17) is 5.73 Å². The van der Waals surface area contributed by atoms with Crippen molar-refractivity contribution < 1.29 is 21.6 Å². The minimum absolute atomic E-state index is 0.0963. The molecular weight excluding hydrogens is 401 g/mol. The van der Waals surface area contributed by atoms with E-state index in [0.29, 0.717) is 11.1 Å². The van der Waals surface area contributed by atoms with Crippen LogP contribution < -0.4 is 10.5 Å². The zero-order valence-electron chi connectivity index (χ0n) is 15.2. The van der Waals surface area contributed by atoms with Gasteiger partial charge in [0.2, 0.25) is 10.0 Å². The second-order valence-electron chi connectivity index (χ2n) is 6.47. The lowest BCUT2D eigenvalue weighted by Crippen LogP contribution is -2.51. The van der Waals surface area contributed by atoms with E-state index in [1.807, 2.05) is 0 Å². The van der Waals surface area contributed by atoms with Crippen LogP contribution in [0.5, 0.6) is 0 Å². The molecule has 0 heterocycles. The van der Waals surface area contributed by atoms with E-state index in [2.05, 4.69) is 4.72 Å². The second-order valence-corrected chi connectivity index (χ2v) is 8.15. The zero-order chi connectivity index (χ0) is 21.1. The summed E-state index contributed by atoms with van der Waals surface area (Å²) in [5.41, 5.74) is 5.08. The lowest BCUT2D eigenvalue weighted by Gasteiger charge is -2.34. The summed E-state index contributed by atoms with van der Waals surface area (Å²) in [5.74, 6) is 0. The van der Waals surface area contributed by atoms with Gasteiger partial charge in [-0.3, -0.25) is 0 Å². The van der Waals surface area contributed by atoms with Crippen molar-refractivity contribution in [2.75, 3.05) is 6.54 Å². The zero-order valence-corrected chi connectivity index (χ0v) is 16.0. The van der Waals surface area contributed by atoms with Gasteiger partial charge < -0.3 is 5.73 Å². The van der Waals surface area contributed by atoms with E-state index < -0.39 is 27.3 Å². The fourth-order valence-corrected chi connectivity index (χ4v) is 4.51. The van der Waals surface area contributed by atoms with E-state index >= 15 is 0 Å². The van der Waals surface area contributed by atoms with Gasteiger partial charge in [-0.1, -0.05) is 60.7 Å². The maximum absolute atomic E-state index is 13.1. The van der Waals surface area contributed by atoms with Gasteiger partial charge in [-0.25, -0.2) is 8.42 Å². The van der Waals surface area contributed by atoms with Crippen molar-refractivity contribution in [3.8, 4) is 0 Å². The van der Waals surface area contributed by atoms with Crippen LogP contribution in [0.25, 0.3) is 0 Å². The quantitative estimate of drug-likeness (QED) is 0.636. The van der Waals surface area contributed by atoms with Gasteiger partial charge in [0.25, 0.3) is 0 Å². The van der Waals surface area contributed by atoms with E-state index in [-0.39, 0.29) is 11.4 Å². The summed E-state index contributed by atoms with van der Waals surface area (Å²) in [7, 11) is -4.19. The first-order valence-corrected chi connectivity index (χ1v) is 10.2. The van der Waals surface area contributed by atoms with Gasteiger partial charge in [0.05, 0.1) is 16.0 Å². The third-order valence-corrected chi connectivity index (χ3v) is 6.15. The number of benzene rings is 3. The van der Waals surface area contributed by atoms with E-state index in [1.54, 1.807) is 60.7 Å². The Balaban J connectivity index is 2.08. The van der Waals surface area contributed by atoms with Gasteiger partial charge in [0.15, 0.2) is 0 Å². The summed E-state index contributed by atoms with van der Waals surface area (Å²) in [6.07, 6.45) is -4.55. The van der Waals surface area contributed by atoms with Crippen molar-refractivity contribution in [2.24, 2.45) is 5.73 Å². The first-order valence-electron chi connectivity index (χ1n) is 8.71. The monoisotopic (exact) mass is 420 g/mol. The molecule has 0 amide bonds. The minimum Gasteiger partial charge on any atom is -0.328 e. The first-order chi connectivity index (χ1) is 13.7. The molecule has 0 saturated carbocycles. The van der Waals surface area contributed by atoms with E-state index in [1.165, 1.54) is 0 Å².